The van der Waals surface area contributed by atoms with Crippen LogP contribution in [-0.2, 0) is 18.4 Å². The summed E-state index contributed by atoms with van der Waals surface area (Å²) < 4.78 is 34.0. The van der Waals surface area contributed by atoms with Crippen LogP contribution >= 0.6 is 0 Å². The first-order valence-corrected chi connectivity index (χ1v) is 13.6. The molecule has 0 bridgehead atoms. The number of hydrogen-bond donors (Lipinski definition) is 2. The number of nitrogens with two attached hydrogens (primary N) is 1. The number of carbonyl (C=O) groups excluding carboxylic acids is 1. The van der Waals surface area contributed by atoms with Gasteiger partial charge in [-0.1, -0.05) is 23.8 Å². The van der Waals surface area contributed by atoms with Crippen LogP contribution in [0, 0.1) is 6.92 Å². The number of halogens is 2. The number of rotatable bonds is 8. The Balaban J connectivity index is 1.40. The Morgan fingerprint density at radius 3 is 2.55 bits per heavy atom. The second kappa shape index (κ2) is 11.9. The molecule has 3 N–H and O–H groups in total. The number of aryl methyl sites for hydroxylation is 1. The molecule has 0 saturated carbocycles. The molecular formula is C29H33F2N7O4. The minimum absolute atomic E-state index is 0.0557. The predicted octanol–water partition coefficient (Wildman–Crippen LogP) is 2.11. The molecule has 222 valence electrons. The van der Waals surface area contributed by atoms with Crippen LogP contribution in [0.25, 0.3) is 22.0 Å². The SMILES string of the molecule is Cc1ccc(OC(F)F)c(Cn2c3cc(-c4cnc(N5CCN(C(=O)C(O)CN)C(C)C5)nc4)ccc3c(=O)n2C)c1. The van der Waals surface area contributed by atoms with Gasteiger partial charge in [-0.2, -0.15) is 8.78 Å². The van der Waals surface area contributed by atoms with Crippen LogP contribution in [0.5, 0.6) is 5.75 Å². The molecular weight excluding hydrogens is 548 g/mol. The van der Waals surface area contributed by atoms with Crippen molar-refractivity contribution >= 4 is 22.8 Å². The van der Waals surface area contributed by atoms with Crippen molar-refractivity contribution in [3.63, 3.8) is 0 Å². The van der Waals surface area contributed by atoms with E-state index in [9.17, 15) is 23.5 Å². The lowest BCUT2D eigenvalue weighted by molar-refractivity contribution is -0.142. The third-order valence-corrected chi connectivity index (χ3v) is 7.59. The highest BCUT2D eigenvalue weighted by Crippen LogP contribution is 2.27. The molecule has 1 fully saturated rings. The summed E-state index contributed by atoms with van der Waals surface area (Å²) in [5.41, 5.74) is 8.76. The lowest BCUT2D eigenvalue weighted by atomic mass is 10.1. The molecule has 2 atom stereocenters. The first-order valence-electron chi connectivity index (χ1n) is 13.6. The molecule has 1 saturated heterocycles. The average Bonchev–Trinajstić information content (AvgIpc) is 3.21. The lowest BCUT2D eigenvalue weighted by Gasteiger charge is -2.40. The van der Waals surface area contributed by atoms with E-state index < -0.39 is 12.7 Å². The van der Waals surface area contributed by atoms with Crippen LogP contribution in [0.15, 0.2) is 53.6 Å². The number of fused-ring (bicyclic) bond motifs is 1. The van der Waals surface area contributed by atoms with Crippen LogP contribution in [-0.4, -0.2) is 80.2 Å². The standard InChI is InChI=1S/C29H33F2N7O4/c1-17-4-7-25(42-28(30)31)20(10-17)16-38-23-11-19(5-6-22(23)26(40)35(38)3)21-13-33-29(34-14-21)36-8-9-37(18(2)15-36)27(41)24(39)12-32/h4-7,10-11,13-14,18,24,28,39H,8-9,12,15-16,32H2,1-3H3. The Morgan fingerprint density at radius 2 is 1.88 bits per heavy atom. The van der Waals surface area contributed by atoms with Crippen molar-refractivity contribution in [1.29, 1.82) is 0 Å². The van der Waals surface area contributed by atoms with Crippen LogP contribution in [0.2, 0.25) is 0 Å². The molecule has 13 heteroatoms. The summed E-state index contributed by atoms with van der Waals surface area (Å²) in [6.45, 7) is 2.23. The van der Waals surface area contributed by atoms with Gasteiger partial charge in [0.15, 0.2) is 0 Å². The minimum Gasteiger partial charge on any atom is -0.434 e. The quantitative estimate of drug-likeness (QED) is 0.324. The monoisotopic (exact) mass is 581 g/mol. The molecule has 42 heavy (non-hydrogen) atoms. The van der Waals surface area contributed by atoms with E-state index >= 15 is 0 Å². The first-order chi connectivity index (χ1) is 20.1. The molecule has 1 amide bonds. The molecule has 2 aromatic carbocycles. The molecule has 0 aliphatic carbocycles. The van der Waals surface area contributed by atoms with Crippen molar-refractivity contribution in [2.45, 2.75) is 39.1 Å². The molecule has 3 heterocycles. The van der Waals surface area contributed by atoms with Crippen LogP contribution in [0.3, 0.4) is 0 Å². The van der Waals surface area contributed by atoms with Gasteiger partial charge >= 0.3 is 6.61 Å². The van der Waals surface area contributed by atoms with E-state index in [1.54, 1.807) is 47.2 Å². The number of carbonyl (C=O) groups is 1. The number of ether oxygens (including phenoxy) is 1. The van der Waals surface area contributed by atoms with Gasteiger partial charge in [-0.3, -0.25) is 19.0 Å². The molecule has 0 spiro atoms. The van der Waals surface area contributed by atoms with Gasteiger partial charge in [-0.15, -0.1) is 0 Å². The number of aliphatic hydroxyl groups is 1. The van der Waals surface area contributed by atoms with E-state index in [0.29, 0.717) is 42.0 Å². The lowest BCUT2D eigenvalue weighted by Crippen LogP contribution is -2.57. The molecule has 0 radical (unpaired) electrons. The Bertz CT molecular complexity index is 1650. The van der Waals surface area contributed by atoms with Gasteiger partial charge in [0, 0.05) is 62.8 Å². The third kappa shape index (κ3) is 5.70. The number of hydrogen-bond acceptors (Lipinski definition) is 8. The van der Waals surface area contributed by atoms with Crippen molar-refractivity contribution in [1.82, 2.24) is 24.2 Å². The maximum Gasteiger partial charge on any atom is 0.387 e. The number of benzene rings is 2. The summed E-state index contributed by atoms with van der Waals surface area (Å²) in [7, 11) is 1.63. The van der Waals surface area contributed by atoms with Crippen molar-refractivity contribution in [2.75, 3.05) is 31.1 Å². The van der Waals surface area contributed by atoms with E-state index in [0.717, 1.165) is 16.7 Å². The van der Waals surface area contributed by atoms with Crippen molar-refractivity contribution < 1.29 is 23.4 Å². The van der Waals surface area contributed by atoms with Gasteiger partial charge in [0.1, 0.15) is 11.9 Å². The van der Waals surface area contributed by atoms with Crippen molar-refractivity contribution in [3.05, 3.63) is 70.3 Å². The summed E-state index contributed by atoms with van der Waals surface area (Å²) in [5.74, 6) is 0.191. The highest BCUT2D eigenvalue weighted by atomic mass is 19.3. The van der Waals surface area contributed by atoms with Gasteiger partial charge in [0.2, 0.25) is 5.95 Å². The smallest absolute Gasteiger partial charge is 0.387 e. The summed E-state index contributed by atoms with van der Waals surface area (Å²) in [5, 5.41) is 10.3. The van der Waals surface area contributed by atoms with Gasteiger partial charge in [-0.05, 0) is 37.6 Å². The molecule has 2 aromatic heterocycles. The Kier molecular flexibility index (Phi) is 8.23. The topological polar surface area (TPSA) is 132 Å². The number of nitrogens with zero attached hydrogens (tertiary/aromatic N) is 6. The Morgan fingerprint density at radius 1 is 1.14 bits per heavy atom. The number of alkyl halides is 2. The second-order valence-electron chi connectivity index (χ2n) is 10.5. The van der Waals surface area contributed by atoms with Gasteiger partial charge in [0.05, 0.1) is 17.4 Å². The molecule has 2 unspecified atom stereocenters. The van der Waals surface area contributed by atoms with E-state index in [4.69, 9.17) is 10.5 Å². The zero-order valence-corrected chi connectivity index (χ0v) is 23.6. The van der Waals surface area contributed by atoms with E-state index in [2.05, 4.69) is 9.97 Å². The molecule has 4 aromatic rings. The largest absolute Gasteiger partial charge is 0.434 e. The minimum atomic E-state index is -2.97. The summed E-state index contributed by atoms with van der Waals surface area (Å²) in [4.78, 5) is 38.1. The Hall–Kier alpha value is -4.36. The molecule has 11 nitrogen and oxygen atoms in total. The normalized spacial score (nSPS) is 16.3. The van der Waals surface area contributed by atoms with Crippen LogP contribution in [0.4, 0.5) is 14.7 Å². The number of aromatic nitrogens is 4. The summed E-state index contributed by atoms with van der Waals surface area (Å²) in [6, 6.07) is 10.2. The predicted molar refractivity (Wildman–Crippen MR) is 154 cm³/mol. The van der Waals surface area contributed by atoms with E-state index in [1.807, 2.05) is 30.9 Å². The molecule has 5 rings (SSSR count). The highest BCUT2D eigenvalue weighted by Gasteiger charge is 2.31. The molecule has 1 aliphatic heterocycles. The van der Waals surface area contributed by atoms with Crippen molar-refractivity contribution in [2.24, 2.45) is 12.8 Å². The van der Waals surface area contributed by atoms with Gasteiger partial charge in [0.25, 0.3) is 11.5 Å². The fourth-order valence-corrected chi connectivity index (χ4v) is 5.34. The number of anilines is 1. The van der Waals surface area contributed by atoms with E-state index in [1.165, 1.54) is 10.7 Å². The summed E-state index contributed by atoms with van der Waals surface area (Å²) in [6.07, 6.45) is 2.19. The third-order valence-electron chi connectivity index (χ3n) is 7.59. The molecule has 1 aliphatic rings. The zero-order valence-electron chi connectivity index (χ0n) is 23.6. The van der Waals surface area contributed by atoms with Gasteiger partial charge in [-0.25, -0.2) is 9.97 Å². The van der Waals surface area contributed by atoms with Crippen LogP contribution in [0.1, 0.15) is 18.1 Å². The van der Waals surface area contributed by atoms with Crippen LogP contribution < -0.4 is 20.9 Å². The number of aliphatic hydroxyl groups excluding tert-OH is 1. The van der Waals surface area contributed by atoms with E-state index in [-0.39, 0.29) is 36.3 Å². The number of piperazine rings is 1. The second-order valence-corrected chi connectivity index (χ2v) is 10.5. The fourth-order valence-electron chi connectivity index (χ4n) is 5.34. The fraction of sp³-hybridized carbons (Fsp3) is 0.379. The highest BCUT2D eigenvalue weighted by molar-refractivity contribution is 5.84. The maximum atomic E-state index is 13.0. The maximum absolute atomic E-state index is 13.0. The average molecular weight is 582 g/mol. The van der Waals surface area contributed by atoms with Crippen molar-refractivity contribution in [3.8, 4) is 16.9 Å². The number of amides is 1. The Labute approximate surface area is 240 Å². The first kappa shape index (κ1) is 29.1. The zero-order chi connectivity index (χ0) is 30.1. The van der Waals surface area contributed by atoms with Gasteiger partial charge < -0.3 is 25.4 Å². The summed E-state index contributed by atoms with van der Waals surface area (Å²) >= 11 is 0.